The Morgan fingerprint density at radius 3 is 2.68 bits per heavy atom. The zero-order valence-electron chi connectivity index (χ0n) is 12.3. The molecule has 0 saturated heterocycles. The van der Waals surface area contributed by atoms with Crippen LogP contribution in [-0.2, 0) is 0 Å². The fourth-order valence-corrected chi connectivity index (χ4v) is 3.24. The number of alkyl halides is 2. The second kappa shape index (κ2) is 7.28. The van der Waals surface area contributed by atoms with Crippen molar-refractivity contribution in [2.75, 3.05) is 11.9 Å². The van der Waals surface area contributed by atoms with Gasteiger partial charge in [-0.3, -0.25) is 5.32 Å². The van der Waals surface area contributed by atoms with Crippen LogP contribution in [0.3, 0.4) is 0 Å². The van der Waals surface area contributed by atoms with Gasteiger partial charge in [0.05, 0.1) is 5.60 Å². The first kappa shape index (κ1) is 17.0. The highest BCUT2D eigenvalue weighted by Crippen LogP contribution is 2.32. The lowest BCUT2D eigenvalue weighted by Crippen LogP contribution is -2.47. The van der Waals surface area contributed by atoms with Crippen LogP contribution in [0, 0.1) is 5.92 Å². The molecule has 1 aliphatic rings. The van der Waals surface area contributed by atoms with E-state index >= 15 is 0 Å². The number of aromatic nitrogens is 2. The van der Waals surface area contributed by atoms with Crippen molar-refractivity contribution in [1.29, 1.82) is 0 Å². The highest BCUT2D eigenvalue weighted by molar-refractivity contribution is 7.15. The van der Waals surface area contributed by atoms with Gasteiger partial charge < -0.3 is 10.4 Å². The van der Waals surface area contributed by atoms with Gasteiger partial charge in [-0.2, -0.15) is 0 Å². The van der Waals surface area contributed by atoms with Crippen LogP contribution in [0.25, 0.3) is 0 Å². The summed E-state index contributed by atoms with van der Waals surface area (Å²) in [6, 6.07) is -0.590. The Bertz CT molecular complexity index is 504. The standard InChI is InChI=1S/C13H20F2N4O2S/c1-13(21,8-5-3-2-4-6-8)7-16-11(20)17-12-19-18-10(22-12)9(14)15/h8-9,21H,2-7H2,1H3,(H2,16,17,19,20)/t13-/m1/s1. The lowest BCUT2D eigenvalue weighted by atomic mass is 9.78. The third-order valence-corrected chi connectivity index (χ3v) is 4.79. The van der Waals surface area contributed by atoms with Crippen molar-refractivity contribution in [3.63, 3.8) is 0 Å². The molecule has 1 aromatic heterocycles. The maximum absolute atomic E-state index is 12.4. The van der Waals surface area contributed by atoms with Crippen LogP contribution in [0.2, 0.25) is 0 Å². The molecule has 0 unspecified atom stereocenters. The Balaban J connectivity index is 1.81. The van der Waals surface area contributed by atoms with Crippen LogP contribution in [0.1, 0.15) is 50.5 Å². The van der Waals surface area contributed by atoms with Crippen LogP contribution in [0.4, 0.5) is 18.7 Å². The molecule has 0 aromatic carbocycles. The minimum absolute atomic E-state index is 0.00473. The minimum atomic E-state index is -2.71. The molecular weight excluding hydrogens is 314 g/mol. The Labute approximate surface area is 131 Å². The van der Waals surface area contributed by atoms with Crippen LogP contribution >= 0.6 is 11.3 Å². The van der Waals surface area contributed by atoms with Crippen molar-refractivity contribution >= 4 is 22.5 Å². The molecule has 1 aliphatic carbocycles. The summed E-state index contributed by atoms with van der Waals surface area (Å²) >= 11 is 0.624. The van der Waals surface area contributed by atoms with E-state index in [2.05, 4.69) is 20.8 Å². The summed E-state index contributed by atoms with van der Waals surface area (Å²) in [6.45, 7) is 1.81. The van der Waals surface area contributed by atoms with Gasteiger partial charge in [-0.05, 0) is 25.7 Å². The van der Waals surface area contributed by atoms with Gasteiger partial charge in [-0.1, -0.05) is 30.6 Å². The summed E-state index contributed by atoms with van der Waals surface area (Å²) in [5.74, 6) is 0.161. The number of hydrogen-bond donors (Lipinski definition) is 3. The molecule has 2 amide bonds. The van der Waals surface area contributed by atoms with Crippen LogP contribution in [0.15, 0.2) is 0 Å². The van der Waals surface area contributed by atoms with E-state index in [0.717, 1.165) is 25.7 Å². The average Bonchev–Trinajstić information content (AvgIpc) is 2.95. The van der Waals surface area contributed by atoms with Crippen molar-refractivity contribution < 1.29 is 18.7 Å². The number of nitrogens with one attached hydrogen (secondary N) is 2. The molecule has 0 spiro atoms. The number of rotatable bonds is 5. The van der Waals surface area contributed by atoms with E-state index in [0.29, 0.717) is 11.3 Å². The Hall–Kier alpha value is -1.35. The number of halogens is 2. The maximum Gasteiger partial charge on any atom is 0.321 e. The number of aliphatic hydroxyl groups is 1. The highest BCUT2D eigenvalue weighted by atomic mass is 32.1. The molecule has 0 aliphatic heterocycles. The summed E-state index contributed by atoms with van der Waals surface area (Å²) in [6.07, 6.45) is 2.56. The van der Waals surface area contributed by atoms with Gasteiger partial charge in [0, 0.05) is 6.54 Å². The number of carbonyl (C=O) groups excluding carboxylic acids is 1. The molecule has 1 aromatic rings. The second-order valence-electron chi connectivity index (χ2n) is 5.75. The summed E-state index contributed by atoms with van der Waals surface area (Å²) in [7, 11) is 0. The zero-order chi connectivity index (χ0) is 16.2. The zero-order valence-corrected chi connectivity index (χ0v) is 13.1. The van der Waals surface area contributed by atoms with E-state index < -0.39 is 23.1 Å². The highest BCUT2D eigenvalue weighted by Gasteiger charge is 2.33. The molecular formula is C13H20F2N4O2S. The Morgan fingerprint density at radius 2 is 2.09 bits per heavy atom. The van der Waals surface area contributed by atoms with Crippen molar-refractivity contribution in [2.24, 2.45) is 5.92 Å². The first-order valence-electron chi connectivity index (χ1n) is 7.27. The Kier molecular flexibility index (Phi) is 5.63. The lowest BCUT2D eigenvalue weighted by Gasteiger charge is -2.35. The smallest absolute Gasteiger partial charge is 0.321 e. The number of carbonyl (C=O) groups is 1. The van der Waals surface area contributed by atoms with Crippen LogP contribution in [0.5, 0.6) is 0 Å². The van der Waals surface area contributed by atoms with Crippen molar-refractivity contribution in [3.05, 3.63) is 5.01 Å². The monoisotopic (exact) mass is 334 g/mol. The SMILES string of the molecule is C[C@@](O)(CNC(=O)Nc1nnc(C(F)F)s1)C1CCCCC1. The summed E-state index contributed by atoms with van der Waals surface area (Å²) in [5.41, 5.74) is -0.979. The van der Waals surface area contributed by atoms with Gasteiger partial charge in [0.15, 0.2) is 5.01 Å². The van der Waals surface area contributed by atoms with E-state index in [4.69, 9.17) is 0 Å². The van der Waals surface area contributed by atoms with Crippen LogP contribution < -0.4 is 10.6 Å². The molecule has 0 bridgehead atoms. The van der Waals surface area contributed by atoms with E-state index in [1.54, 1.807) is 6.92 Å². The molecule has 1 saturated carbocycles. The molecule has 1 heterocycles. The molecule has 9 heteroatoms. The summed E-state index contributed by atoms with van der Waals surface area (Å²) in [4.78, 5) is 11.7. The summed E-state index contributed by atoms with van der Waals surface area (Å²) in [5, 5.41) is 21.7. The van der Waals surface area contributed by atoms with Crippen molar-refractivity contribution in [3.8, 4) is 0 Å². The average molecular weight is 334 g/mol. The van der Waals surface area contributed by atoms with Crippen molar-refractivity contribution in [2.45, 2.75) is 51.1 Å². The van der Waals surface area contributed by atoms with Gasteiger partial charge in [0.25, 0.3) is 6.43 Å². The van der Waals surface area contributed by atoms with Gasteiger partial charge in [-0.25, -0.2) is 13.6 Å². The summed E-state index contributed by atoms with van der Waals surface area (Å²) < 4.78 is 24.7. The predicted molar refractivity (Wildman–Crippen MR) is 79.1 cm³/mol. The molecule has 124 valence electrons. The largest absolute Gasteiger partial charge is 0.388 e. The predicted octanol–water partition coefficient (Wildman–Crippen LogP) is 2.93. The minimum Gasteiger partial charge on any atom is -0.388 e. The molecule has 1 fully saturated rings. The molecule has 1 atom stereocenters. The fourth-order valence-electron chi connectivity index (χ4n) is 2.64. The normalized spacial score (nSPS) is 19.0. The lowest BCUT2D eigenvalue weighted by molar-refractivity contribution is -0.0127. The molecule has 22 heavy (non-hydrogen) atoms. The molecule has 6 nitrogen and oxygen atoms in total. The topological polar surface area (TPSA) is 87.1 Å². The molecule has 2 rings (SSSR count). The van der Waals surface area contributed by atoms with Gasteiger partial charge in [0.2, 0.25) is 5.13 Å². The van der Waals surface area contributed by atoms with E-state index in [1.807, 2.05) is 0 Å². The van der Waals surface area contributed by atoms with E-state index in [9.17, 15) is 18.7 Å². The van der Waals surface area contributed by atoms with E-state index in [1.165, 1.54) is 6.42 Å². The third kappa shape index (κ3) is 4.57. The number of hydrogen-bond acceptors (Lipinski definition) is 5. The Morgan fingerprint density at radius 1 is 1.41 bits per heavy atom. The van der Waals surface area contributed by atoms with Crippen molar-refractivity contribution in [1.82, 2.24) is 15.5 Å². The first-order chi connectivity index (χ1) is 10.4. The number of anilines is 1. The van der Waals surface area contributed by atoms with Crippen LogP contribution in [-0.4, -0.2) is 33.5 Å². The number of urea groups is 1. The van der Waals surface area contributed by atoms with Gasteiger partial charge >= 0.3 is 6.03 Å². The molecule has 3 N–H and O–H groups in total. The van der Waals surface area contributed by atoms with E-state index in [-0.39, 0.29) is 17.6 Å². The van der Waals surface area contributed by atoms with Gasteiger partial charge in [-0.15, -0.1) is 10.2 Å². The number of amides is 2. The second-order valence-corrected chi connectivity index (χ2v) is 6.76. The maximum atomic E-state index is 12.4. The first-order valence-corrected chi connectivity index (χ1v) is 8.09. The fraction of sp³-hybridized carbons (Fsp3) is 0.769. The quantitative estimate of drug-likeness (QED) is 0.772. The molecule has 0 radical (unpaired) electrons. The third-order valence-electron chi connectivity index (χ3n) is 3.94. The number of nitrogens with zero attached hydrogens (tertiary/aromatic N) is 2. The van der Waals surface area contributed by atoms with Gasteiger partial charge in [0.1, 0.15) is 0 Å².